The van der Waals surface area contributed by atoms with E-state index >= 15 is 0 Å². The van der Waals surface area contributed by atoms with Gasteiger partial charge in [-0.15, -0.1) is 0 Å². The van der Waals surface area contributed by atoms with Crippen LogP contribution in [0.5, 0.6) is 0 Å². The smallest absolute Gasteiger partial charge is 0.261 e. The van der Waals surface area contributed by atoms with E-state index in [0.29, 0.717) is 14.7 Å². The van der Waals surface area contributed by atoms with Crippen molar-refractivity contribution in [2.45, 2.75) is 0 Å². The summed E-state index contributed by atoms with van der Waals surface area (Å²) in [5.41, 5.74) is 0. The molecule has 1 atom stereocenters. The van der Waals surface area contributed by atoms with E-state index < -0.39 is 13.9 Å². The standard InChI is InChI=1S/O2PSi6/c1-3(2)9-6-4-5(6)8(9)7(4)9. The Kier molecular flexibility index (Phi) is 0.575. The highest BCUT2D eigenvalue weighted by Crippen LogP contribution is 2.76. The Bertz CT molecular complexity index is 232. The third-order valence-corrected chi connectivity index (χ3v) is 193. The van der Waals surface area contributed by atoms with Crippen LogP contribution >= 0.6 is 7.58 Å². The molecule has 0 N–H and O–H groups in total. The molecule has 0 aromatic heterocycles. The molecule has 5 fully saturated rings. The fraction of sp³-hybridized carbons (Fsp3) is 0. The average molecular weight is 231 g/mol. The molecule has 9 heavy (non-hydrogen) atoms. The molecule has 0 spiro atoms. The van der Waals surface area contributed by atoms with Crippen LogP contribution in [0.4, 0.5) is 0 Å². The zero-order valence-corrected chi connectivity index (χ0v) is 11.2. The Hall–Kier alpha value is 1.36. The fourth-order valence-corrected chi connectivity index (χ4v) is 477. The van der Waals surface area contributed by atoms with Crippen LogP contribution in [0.15, 0.2) is 0 Å². The highest BCUT2D eigenvalue weighted by Gasteiger charge is 3.17. The Morgan fingerprint density at radius 3 is 2.00 bits per heavy atom. The molecule has 5 heterocycles. The van der Waals surface area contributed by atoms with Crippen molar-refractivity contribution in [2.24, 2.45) is 0 Å². The SMILES string of the molecule is O=[P+]([O-])[Si]12[Si]3[Si]4[Si]3[Si]1[Si]42. The third kappa shape index (κ3) is 0.247. The van der Waals surface area contributed by atoms with E-state index in [-0.39, 0.29) is 22.0 Å². The van der Waals surface area contributed by atoms with Gasteiger partial charge >= 0.3 is 0 Å². The minimum absolute atomic E-state index is 0.208. The predicted octanol–water partition coefficient (Wildman–Crippen LogP) is -2.73. The van der Waals surface area contributed by atoms with E-state index in [4.69, 9.17) is 0 Å². The van der Waals surface area contributed by atoms with Crippen molar-refractivity contribution in [1.82, 2.24) is 0 Å². The van der Waals surface area contributed by atoms with Crippen molar-refractivity contribution in [3.05, 3.63) is 0 Å². The summed E-state index contributed by atoms with van der Waals surface area (Å²) in [6.45, 7) is 0. The Morgan fingerprint density at radius 1 is 1.22 bits per heavy atom. The molecule has 0 aromatic carbocycles. The van der Waals surface area contributed by atoms with Crippen molar-refractivity contribution >= 4 is 50.6 Å². The van der Waals surface area contributed by atoms with Crippen LogP contribution < -0.4 is 4.89 Å². The number of hydrogen-bond acceptors (Lipinski definition) is 2. The van der Waals surface area contributed by atoms with Gasteiger partial charge in [-0.2, -0.15) is 0 Å². The average Bonchev–Trinajstić information content (AvgIpc) is 2.06. The highest BCUT2D eigenvalue weighted by atomic mass is 31.6. The van der Waals surface area contributed by atoms with Gasteiger partial charge in [-0.25, -0.2) is 0 Å². The normalized spacial score (nSPS) is 45.2. The number of rotatable bonds is 1. The highest BCUT2D eigenvalue weighted by molar-refractivity contribution is 8.87. The summed E-state index contributed by atoms with van der Waals surface area (Å²) in [5, 5.41) is 0. The molecule has 9 heteroatoms. The maximum Gasteiger partial charge on any atom is 0.261 e. The monoisotopic (exact) mass is 231 g/mol. The van der Waals surface area contributed by atoms with Gasteiger partial charge in [-0.05, 0) is 0 Å². The lowest BCUT2D eigenvalue weighted by molar-refractivity contribution is -0.158. The van der Waals surface area contributed by atoms with E-state index in [1.54, 1.807) is 0 Å². The summed E-state index contributed by atoms with van der Waals surface area (Å²) in [4.78, 5) is 10.8. The van der Waals surface area contributed by atoms with Crippen molar-refractivity contribution < 1.29 is 9.46 Å². The van der Waals surface area contributed by atoms with E-state index in [1.807, 2.05) is 0 Å². The topological polar surface area (TPSA) is 40.1 Å². The molecule has 5 saturated heterocycles. The van der Waals surface area contributed by atoms with Gasteiger partial charge < -0.3 is 4.89 Å². The molecule has 0 saturated carbocycles. The van der Waals surface area contributed by atoms with Crippen LogP contribution in [0.1, 0.15) is 0 Å². The van der Waals surface area contributed by atoms with Gasteiger partial charge in [-0.1, -0.05) is 4.57 Å². The van der Waals surface area contributed by atoms with Crippen LogP contribution in [-0.2, 0) is 4.57 Å². The molecule has 5 radical (unpaired) electrons. The summed E-state index contributed by atoms with van der Waals surface area (Å²) in [6.07, 6.45) is -1.03. The summed E-state index contributed by atoms with van der Waals surface area (Å²) in [7, 11) is -0.189. The Labute approximate surface area is 60.2 Å². The molecule has 41 valence electrons. The molecular weight excluding hydrogens is 231 g/mol. The maximum absolute atomic E-state index is 10.8. The minimum atomic E-state index is -1.73. The van der Waals surface area contributed by atoms with Crippen LogP contribution in [-0.4, -0.2) is 43.0 Å². The van der Waals surface area contributed by atoms with Gasteiger partial charge in [0.25, 0.3) is 6.29 Å². The molecule has 1 unspecified atom stereocenters. The summed E-state index contributed by atoms with van der Waals surface area (Å²) in [6, 6.07) is 0. The molecular formula is O2PSi6. The molecule has 2 nitrogen and oxygen atoms in total. The van der Waals surface area contributed by atoms with E-state index in [1.165, 1.54) is 0 Å². The second-order valence-corrected chi connectivity index (χ2v) is 71.7. The van der Waals surface area contributed by atoms with Gasteiger partial charge in [0.1, 0.15) is 0 Å². The first-order valence-corrected chi connectivity index (χ1v) is 23.4. The maximum atomic E-state index is 10.8. The molecule has 0 aromatic rings. The summed E-state index contributed by atoms with van der Waals surface area (Å²) < 4.78 is 10.8. The van der Waals surface area contributed by atoms with Gasteiger partial charge in [-0.3, -0.25) is 0 Å². The van der Waals surface area contributed by atoms with Crippen LogP contribution in [0.3, 0.4) is 0 Å². The van der Waals surface area contributed by atoms with Crippen LogP contribution in [0.2, 0.25) is 0 Å². The third-order valence-electron chi connectivity index (χ3n) is 2.73. The first kappa shape index (κ1) is 5.09. The fourth-order valence-electron chi connectivity index (χ4n) is 2.27. The lowest BCUT2D eigenvalue weighted by Crippen LogP contribution is -2.53. The summed E-state index contributed by atoms with van der Waals surface area (Å²) in [5.74, 6) is 0. The molecule has 0 amide bonds. The van der Waals surface area contributed by atoms with Gasteiger partial charge in [0.05, 0.1) is 22.0 Å². The second kappa shape index (κ2) is 1.02. The lowest BCUT2D eigenvalue weighted by Gasteiger charge is -2.13. The van der Waals surface area contributed by atoms with Crippen LogP contribution in [0.25, 0.3) is 0 Å². The Balaban J connectivity index is 1.93. The molecule has 5 rings (SSSR count). The van der Waals surface area contributed by atoms with E-state index in [0.717, 1.165) is 0 Å². The van der Waals surface area contributed by atoms with Crippen molar-refractivity contribution in [2.75, 3.05) is 0 Å². The van der Waals surface area contributed by atoms with Crippen LogP contribution in [0, 0.1) is 0 Å². The van der Waals surface area contributed by atoms with Gasteiger partial charge in [0.2, 0.25) is 7.58 Å². The first-order valence-electron chi connectivity index (χ1n) is 2.84. The quantitative estimate of drug-likeness (QED) is 0.363. The van der Waals surface area contributed by atoms with Gasteiger partial charge in [0.15, 0.2) is 0 Å². The van der Waals surface area contributed by atoms with Crippen molar-refractivity contribution in [3.8, 4) is 0 Å². The molecule has 0 bridgehead atoms. The van der Waals surface area contributed by atoms with Gasteiger partial charge in [0, 0.05) is 14.7 Å². The first-order chi connectivity index (χ1) is 4.31. The van der Waals surface area contributed by atoms with E-state index in [9.17, 15) is 9.46 Å². The number of hydrogen-bond donors (Lipinski definition) is 0. The predicted molar refractivity (Wildman–Crippen MR) is 42.1 cm³/mol. The largest absolute Gasteiger partial charge is 0.610 e. The van der Waals surface area contributed by atoms with Crippen molar-refractivity contribution in [1.29, 1.82) is 0 Å². The second-order valence-electron chi connectivity index (χ2n) is 2.84. The molecule has 5 aliphatic rings. The molecule has 0 aliphatic carbocycles. The van der Waals surface area contributed by atoms with E-state index in [2.05, 4.69) is 0 Å². The van der Waals surface area contributed by atoms with Crippen molar-refractivity contribution in [3.63, 3.8) is 0 Å². The zero-order chi connectivity index (χ0) is 5.96. The molecule has 5 aliphatic heterocycles. The minimum Gasteiger partial charge on any atom is -0.610 e. The summed E-state index contributed by atoms with van der Waals surface area (Å²) >= 11 is 0. The zero-order valence-electron chi connectivity index (χ0n) is 4.26. The Morgan fingerprint density at radius 2 is 1.78 bits per heavy atom. The lowest BCUT2D eigenvalue weighted by atomic mass is 15.9.